The van der Waals surface area contributed by atoms with Gasteiger partial charge in [-0.1, -0.05) is 128 Å². The quantitative estimate of drug-likeness (QED) is 0.196. The number of hydrogen-bond acceptors (Lipinski definition) is 3. The molecule has 0 bridgehead atoms. The Hall–Kier alpha value is -1.42. The summed E-state index contributed by atoms with van der Waals surface area (Å²) in [6, 6.07) is 6.13. The number of H-pyrrole nitrogens is 1. The van der Waals surface area contributed by atoms with Gasteiger partial charge in [0.1, 0.15) is 5.52 Å². The predicted molar refractivity (Wildman–Crippen MR) is 141 cm³/mol. The van der Waals surface area contributed by atoms with Crippen molar-refractivity contribution in [3.8, 4) is 0 Å². The molecular weight excluding hydrogens is 406 g/mol. The summed E-state index contributed by atoms with van der Waals surface area (Å²) in [6.45, 7) is 6.93. The third kappa shape index (κ3) is 11.0. The van der Waals surface area contributed by atoms with Gasteiger partial charge in [-0.3, -0.25) is 5.10 Å². The highest BCUT2D eigenvalue weighted by atomic mass is 16.3. The maximum absolute atomic E-state index is 11.3. The van der Waals surface area contributed by atoms with E-state index >= 15 is 0 Å². The van der Waals surface area contributed by atoms with Crippen molar-refractivity contribution in [1.82, 2.24) is 15.4 Å². The Morgan fingerprint density at radius 3 is 2.12 bits per heavy atom. The van der Waals surface area contributed by atoms with Crippen molar-refractivity contribution < 1.29 is 5.11 Å². The van der Waals surface area contributed by atoms with Gasteiger partial charge in [0.15, 0.2) is 0 Å². The monoisotopic (exact) mass is 457 g/mol. The van der Waals surface area contributed by atoms with E-state index in [1.807, 2.05) is 12.1 Å². The maximum Gasteiger partial charge on any atom is 0.116 e. The molecule has 3 atom stereocenters. The van der Waals surface area contributed by atoms with Crippen molar-refractivity contribution in [2.75, 3.05) is 0 Å². The minimum Gasteiger partial charge on any atom is -0.392 e. The molecule has 1 heterocycles. The van der Waals surface area contributed by atoms with Crippen LogP contribution in [0.1, 0.15) is 129 Å². The minimum atomic E-state index is -0.306. The molecule has 0 aliphatic rings. The highest BCUT2D eigenvalue weighted by Gasteiger charge is 2.23. The first kappa shape index (κ1) is 27.8. The highest BCUT2D eigenvalue weighted by molar-refractivity contribution is 5.77. The van der Waals surface area contributed by atoms with Crippen molar-refractivity contribution in [2.45, 2.75) is 136 Å². The van der Waals surface area contributed by atoms with Crippen molar-refractivity contribution >= 4 is 11.0 Å². The summed E-state index contributed by atoms with van der Waals surface area (Å²) in [5, 5.41) is 22.4. The SMILES string of the molecule is CCCCCCCCCCCCC(CC(C)CCCCC)C(O)Cc1cccc2[nH]nnc12. The van der Waals surface area contributed by atoms with Crippen LogP contribution in [0.25, 0.3) is 11.0 Å². The topological polar surface area (TPSA) is 61.8 Å². The van der Waals surface area contributed by atoms with Crippen LogP contribution >= 0.6 is 0 Å². The fourth-order valence-corrected chi connectivity index (χ4v) is 5.22. The van der Waals surface area contributed by atoms with Crippen LogP contribution in [0.4, 0.5) is 0 Å². The lowest BCUT2D eigenvalue weighted by Crippen LogP contribution is -2.25. The lowest BCUT2D eigenvalue weighted by molar-refractivity contribution is 0.0856. The number of aliphatic hydroxyl groups excluding tert-OH is 1. The number of unbranched alkanes of at least 4 members (excludes halogenated alkanes) is 11. The number of aromatic amines is 1. The first-order valence-corrected chi connectivity index (χ1v) is 14.1. The number of benzene rings is 1. The van der Waals surface area contributed by atoms with Crippen LogP contribution in [0, 0.1) is 11.8 Å². The van der Waals surface area contributed by atoms with Gasteiger partial charge in [0.2, 0.25) is 0 Å². The summed E-state index contributed by atoms with van der Waals surface area (Å²) in [6.07, 6.45) is 21.5. The Morgan fingerprint density at radius 2 is 1.42 bits per heavy atom. The average molecular weight is 458 g/mol. The number of hydrogen-bond donors (Lipinski definition) is 2. The van der Waals surface area contributed by atoms with Gasteiger partial charge in [0.25, 0.3) is 0 Å². The zero-order chi connectivity index (χ0) is 23.7. The summed E-state index contributed by atoms with van der Waals surface area (Å²) < 4.78 is 0. The average Bonchev–Trinajstić information content (AvgIpc) is 3.29. The molecule has 3 unspecified atom stereocenters. The van der Waals surface area contributed by atoms with Gasteiger partial charge in [-0.25, -0.2) is 0 Å². The molecular formula is C29H51N3O. The van der Waals surface area contributed by atoms with Gasteiger partial charge >= 0.3 is 0 Å². The van der Waals surface area contributed by atoms with Gasteiger partial charge in [-0.15, -0.1) is 5.10 Å². The molecule has 4 nitrogen and oxygen atoms in total. The van der Waals surface area contributed by atoms with Crippen LogP contribution in [-0.2, 0) is 6.42 Å². The lowest BCUT2D eigenvalue weighted by atomic mass is 9.83. The van der Waals surface area contributed by atoms with E-state index < -0.39 is 0 Å². The summed E-state index contributed by atoms with van der Waals surface area (Å²) >= 11 is 0. The molecule has 1 aromatic heterocycles. The van der Waals surface area contributed by atoms with E-state index in [0.717, 1.165) is 29.4 Å². The molecule has 1 aromatic carbocycles. The molecule has 0 aliphatic heterocycles. The third-order valence-corrected chi connectivity index (χ3v) is 7.35. The zero-order valence-electron chi connectivity index (χ0n) is 21.8. The fraction of sp³-hybridized carbons (Fsp3) is 0.793. The van der Waals surface area contributed by atoms with E-state index in [-0.39, 0.29) is 6.10 Å². The van der Waals surface area contributed by atoms with Crippen LogP contribution in [0.3, 0.4) is 0 Å². The van der Waals surface area contributed by atoms with E-state index in [9.17, 15) is 5.11 Å². The first-order chi connectivity index (χ1) is 16.2. The minimum absolute atomic E-state index is 0.306. The number of nitrogens with zero attached hydrogens (tertiary/aromatic N) is 2. The summed E-state index contributed by atoms with van der Waals surface area (Å²) in [7, 11) is 0. The molecule has 33 heavy (non-hydrogen) atoms. The second-order valence-corrected chi connectivity index (χ2v) is 10.5. The molecule has 4 heteroatoms. The smallest absolute Gasteiger partial charge is 0.116 e. The Bertz CT molecular complexity index is 728. The molecule has 0 radical (unpaired) electrons. The molecule has 2 aromatic rings. The molecule has 0 saturated carbocycles. The van der Waals surface area contributed by atoms with Crippen LogP contribution < -0.4 is 0 Å². The Labute approximate surface area is 203 Å². The van der Waals surface area contributed by atoms with Crippen molar-refractivity contribution in [3.05, 3.63) is 23.8 Å². The highest BCUT2D eigenvalue weighted by Crippen LogP contribution is 2.28. The second kappa shape index (κ2) is 17.1. The number of aromatic nitrogens is 3. The molecule has 2 rings (SSSR count). The standard InChI is InChI=1S/C29H51N3O/c1-4-6-8-9-10-11-12-13-14-16-19-25(22-24(3)18-15-7-5-2)28(33)23-26-20-17-21-27-29(26)31-32-30-27/h17,20-21,24-25,28,33H,4-16,18-19,22-23H2,1-3H3,(H,30,31,32). The van der Waals surface area contributed by atoms with Gasteiger partial charge in [0, 0.05) is 6.42 Å². The molecule has 0 fully saturated rings. The Balaban J connectivity index is 1.80. The third-order valence-electron chi connectivity index (χ3n) is 7.35. The summed E-state index contributed by atoms with van der Waals surface area (Å²) in [4.78, 5) is 0. The van der Waals surface area contributed by atoms with Gasteiger partial charge in [0.05, 0.1) is 11.6 Å². The van der Waals surface area contributed by atoms with E-state index in [0.29, 0.717) is 18.3 Å². The van der Waals surface area contributed by atoms with Crippen molar-refractivity contribution in [3.63, 3.8) is 0 Å². The molecule has 0 aliphatic carbocycles. The fourth-order valence-electron chi connectivity index (χ4n) is 5.22. The van der Waals surface area contributed by atoms with Gasteiger partial charge in [-0.2, -0.15) is 0 Å². The summed E-state index contributed by atoms with van der Waals surface area (Å²) in [5.74, 6) is 1.06. The Kier molecular flexibility index (Phi) is 14.4. The molecule has 188 valence electrons. The number of rotatable bonds is 20. The maximum atomic E-state index is 11.3. The second-order valence-electron chi connectivity index (χ2n) is 10.5. The molecule has 0 amide bonds. The molecule has 0 spiro atoms. The van der Waals surface area contributed by atoms with E-state index in [4.69, 9.17) is 0 Å². The number of fused-ring (bicyclic) bond motifs is 1. The lowest BCUT2D eigenvalue weighted by Gasteiger charge is -2.26. The van der Waals surface area contributed by atoms with Crippen LogP contribution in [0.15, 0.2) is 18.2 Å². The zero-order valence-corrected chi connectivity index (χ0v) is 21.8. The predicted octanol–water partition coefficient (Wildman–Crippen LogP) is 8.40. The normalized spacial score (nSPS) is 14.5. The van der Waals surface area contributed by atoms with Crippen molar-refractivity contribution in [1.29, 1.82) is 0 Å². The van der Waals surface area contributed by atoms with E-state index in [2.05, 4.69) is 42.2 Å². The van der Waals surface area contributed by atoms with Crippen molar-refractivity contribution in [2.24, 2.45) is 11.8 Å². The van der Waals surface area contributed by atoms with Crippen LogP contribution in [0.2, 0.25) is 0 Å². The number of aliphatic hydroxyl groups is 1. The van der Waals surface area contributed by atoms with Crippen LogP contribution in [-0.4, -0.2) is 26.6 Å². The largest absolute Gasteiger partial charge is 0.392 e. The molecule has 2 N–H and O–H groups in total. The van der Waals surface area contributed by atoms with Gasteiger partial charge < -0.3 is 5.11 Å². The van der Waals surface area contributed by atoms with Gasteiger partial charge in [-0.05, 0) is 36.3 Å². The first-order valence-electron chi connectivity index (χ1n) is 14.1. The molecule has 0 saturated heterocycles. The summed E-state index contributed by atoms with van der Waals surface area (Å²) in [5.41, 5.74) is 2.98. The van der Waals surface area contributed by atoms with E-state index in [1.54, 1.807) is 0 Å². The Morgan fingerprint density at radius 1 is 0.818 bits per heavy atom. The van der Waals surface area contributed by atoms with E-state index in [1.165, 1.54) is 89.9 Å². The van der Waals surface area contributed by atoms with Crippen LogP contribution in [0.5, 0.6) is 0 Å². The number of nitrogens with one attached hydrogen (secondary N) is 1.